The molecular weight excluding hydrogens is 270 g/mol. The summed E-state index contributed by atoms with van der Waals surface area (Å²) in [6, 6.07) is 0.185. The Hall–Kier alpha value is -1.85. The number of H-pyrrole nitrogens is 1. The monoisotopic (exact) mass is 291 g/mol. The number of rotatable bonds is 2. The fourth-order valence-corrected chi connectivity index (χ4v) is 4.45. The Morgan fingerprint density at radius 2 is 2.10 bits per heavy atom. The number of fused-ring (bicyclic) bond motifs is 2. The number of nitrogens with zero attached hydrogens (tertiary/aromatic N) is 2. The molecular formula is C15H21N3O3. The van der Waals surface area contributed by atoms with Gasteiger partial charge in [-0.1, -0.05) is 20.8 Å². The fourth-order valence-electron chi connectivity index (χ4n) is 4.45. The van der Waals surface area contributed by atoms with E-state index in [9.17, 15) is 9.59 Å². The Morgan fingerprint density at radius 3 is 2.76 bits per heavy atom. The van der Waals surface area contributed by atoms with Gasteiger partial charge in [-0.05, 0) is 30.1 Å². The first-order valence-electron chi connectivity index (χ1n) is 7.28. The number of imidazole rings is 1. The summed E-state index contributed by atoms with van der Waals surface area (Å²) in [5.41, 5.74) is 0.248. The van der Waals surface area contributed by atoms with Gasteiger partial charge in [0.25, 0.3) is 5.91 Å². The highest BCUT2D eigenvalue weighted by molar-refractivity contribution is 6.02. The quantitative estimate of drug-likeness (QED) is 0.874. The van der Waals surface area contributed by atoms with Crippen molar-refractivity contribution in [1.29, 1.82) is 0 Å². The zero-order chi connectivity index (χ0) is 15.4. The average Bonchev–Trinajstić information content (AvgIpc) is 2.89. The van der Waals surface area contributed by atoms with Gasteiger partial charge in [0.15, 0.2) is 11.4 Å². The first-order valence-corrected chi connectivity index (χ1v) is 7.28. The van der Waals surface area contributed by atoms with E-state index >= 15 is 0 Å². The molecule has 2 bridgehead atoms. The van der Waals surface area contributed by atoms with E-state index in [-0.39, 0.29) is 34.2 Å². The molecule has 2 aliphatic rings. The van der Waals surface area contributed by atoms with Crippen LogP contribution in [0.3, 0.4) is 0 Å². The van der Waals surface area contributed by atoms with Crippen molar-refractivity contribution in [2.45, 2.75) is 46.1 Å². The van der Waals surface area contributed by atoms with Crippen LogP contribution in [0.15, 0.2) is 6.33 Å². The van der Waals surface area contributed by atoms with Gasteiger partial charge in [0.2, 0.25) is 0 Å². The van der Waals surface area contributed by atoms with Gasteiger partial charge in [-0.15, -0.1) is 0 Å². The van der Waals surface area contributed by atoms with Crippen LogP contribution in [0.5, 0.6) is 0 Å². The third-order valence-corrected chi connectivity index (χ3v) is 4.73. The molecule has 2 heterocycles. The smallest absolute Gasteiger partial charge is 0.354 e. The molecule has 1 aliphatic carbocycles. The van der Waals surface area contributed by atoms with Gasteiger partial charge in [0.05, 0.1) is 6.33 Å². The van der Waals surface area contributed by atoms with Crippen LogP contribution >= 0.6 is 0 Å². The molecule has 1 aliphatic heterocycles. The molecule has 0 aromatic carbocycles. The minimum absolute atomic E-state index is 0.0245. The third-order valence-electron chi connectivity index (χ3n) is 4.73. The molecule has 2 atom stereocenters. The Labute approximate surface area is 123 Å². The van der Waals surface area contributed by atoms with Crippen molar-refractivity contribution in [2.24, 2.45) is 10.8 Å². The number of carboxylic acid groups (broad SMARTS) is 1. The molecule has 1 saturated heterocycles. The summed E-state index contributed by atoms with van der Waals surface area (Å²) in [5, 5.41) is 9.13. The molecule has 6 heteroatoms. The minimum Gasteiger partial charge on any atom is -0.477 e. The van der Waals surface area contributed by atoms with Gasteiger partial charge in [0, 0.05) is 12.6 Å². The Balaban J connectivity index is 1.90. The van der Waals surface area contributed by atoms with E-state index in [1.807, 2.05) is 4.90 Å². The van der Waals surface area contributed by atoms with E-state index in [0.717, 1.165) is 19.3 Å². The molecule has 0 spiro atoms. The number of carboxylic acids is 1. The molecule has 3 rings (SSSR count). The summed E-state index contributed by atoms with van der Waals surface area (Å²) < 4.78 is 0. The zero-order valence-electron chi connectivity index (χ0n) is 12.6. The lowest BCUT2D eigenvalue weighted by atomic mass is 9.65. The number of carbonyl (C=O) groups excluding carboxylic acids is 1. The molecule has 1 aromatic heterocycles. The molecule has 2 fully saturated rings. The SMILES string of the molecule is CC1(C)CC2CC(C)(CN2C(=O)c2nc[nH]c2C(=O)O)C1. The van der Waals surface area contributed by atoms with Crippen LogP contribution in [0.2, 0.25) is 0 Å². The van der Waals surface area contributed by atoms with Crippen LogP contribution in [0.4, 0.5) is 0 Å². The van der Waals surface area contributed by atoms with Gasteiger partial charge >= 0.3 is 5.97 Å². The van der Waals surface area contributed by atoms with E-state index in [0.29, 0.717) is 6.54 Å². The highest BCUT2D eigenvalue weighted by atomic mass is 16.4. The largest absolute Gasteiger partial charge is 0.477 e. The summed E-state index contributed by atoms with van der Waals surface area (Å²) in [6.45, 7) is 7.38. The maximum Gasteiger partial charge on any atom is 0.354 e. The van der Waals surface area contributed by atoms with Crippen molar-refractivity contribution < 1.29 is 14.7 Å². The summed E-state index contributed by atoms with van der Waals surface area (Å²) in [7, 11) is 0. The summed E-state index contributed by atoms with van der Waals surface area (Å²) in [6.07, 6.45) is 4.31. The zero-order valence-corrected chi connectivity index (χ0v) is 12.6. The summed E-state index contributed by atoms with van der Waals surface area (Å²) in [5.74, 6) is -1.41. The summed E-state index contributed by atoms with van der Waals surface area (Å²) in [4.78, 5) is 32.2. The lowest BCUT2D eigenvalue weighted by Crippen LogP contribution is -2.38. The maximum absolute atomic E-state index is 12.7. The van der Waals surface area contributed by atoms with E-state index in [4.69, 9.17) is 5.11 Å². The second-order valence-corrected chi connectivity index (χ2v) is 7.58. The first-order chi connectivity index (χ1) is 9.71. The molecule has 2 N–H and O–H groups in total. The van der Waals surface area contributed by atoms with Gasteiger partial charge in [-0.25, -0.2) is 9.78 Å². The third kappa shape index (κ3) is 2.32. The number of aromatic amines is 1. The number of aromatic carboxylic acids is 1. The highest BCUT2D eigenvalue weighted by Crippen LogP contribution is 2.52. The number of amides is 1. The molecule has 1 aromatic rings. The lowest BCUT2D eigenvalue weighted by Gasteiger charge is -2.39. The van der Waals surface area contributed by atoms with E-state index in [2.05, 4.69) is 30.7 Å². The average molecular weight is 291 g/mol. The van der Waals surface area contributed by atoms with Crippen LogP contribution < -0.4 is 0 Å². The molecule has 6 nitrogen and oxygen atoms in total. The van der Waals surface area contributed by atoms with Crippen molar-refractivity contribution in [3.8, 4) is 0 Å². The van der Waals surface area contributed by atoms with E-state index in [1.165, 1.54) is 6.33 Å². The number of nitrogens with one attached hydrogen (secondary N) is 1. The topological polar surface area (TPSA) is 86.3 Å². The number of carbonyl (C=O) groups is 2. The van der Waals surface area contributed by atoms with Gasteiger partial charge < -0.3 is 15.0 Å². The van der Waals surface area contributed by atoms with Crippen molar-refractivity contribution >= 4 is 11.9 Å². The number of likely N-dealkylation sites (tertiary alicyclic amines) is 1. The molecule has 1 saturated carbocycles. The number of hydrogen-bond acceptors (Lipinski definition) is 3. The van der Waals surface area contributed by atoms with Crippen molar-refractivity contribution in [1.82, 2.24) is 14.9 Å². The lowest BCUT2D eigenvalue weighted by molar-refractivity contribution is 0.0652. The van der Waals surface area contributed by atoms with Crippen molar-refractivity contribution in [3.05, 3.63) is 17.7 Å². The van der Waals surface area contributed by atoms with Gasteiger partial charge in [-0.2, -0.15) is 0 Å². The standard InChI is InChI=1S/C15H21N3O3/c1-14(2)4-9-5-15(3,6-14)7-18(9)12(19)10-11(13(20)21)17-8-16-10/h8-9H,4-7H2,1-3H3,(H,16,17)(H,20,21). The van der Waals surface area contributed by atoms with Gasteiger partial charge in [-0.3, -0.25) is 4.79 Å². The minimum atomic E-state index is -1.15. The maximum atomic E-state index is 12.7. The number of aromatic nitrogens is 2. The summed E-state index contributed by atoms with van der Waals surface area (Å²) >= 11 is 0. The van der Waals surface area contributed by atoms with Crippen LogP contribution in [0.25, 0.3) is 0 Å². The second kappa shape index (κ2) is 4.32. The molecule has 114 valence electrons. The Kier molecular flexibility index (Phi) is 2.90. The number of hydrogen-bond donors (Lipinski definition) is 2. The predicted octanol–water partition coefficient (Wildman–Crippen LogP) is 2.15. The highest BCUT2D eigenvalue weighted by Gasteiger charge is 2.51. The van der Waals surface area contributed by atoms with Gasteiger partial charge in [0.1, 0.15) is 0 Å². The van der Waals surface area contributed by atoms with Crippen molar-refractivity contribution in [2.75, 3.05) is 6.54 Å². The Morgan fingerprint density at radius 1 is 1.38 bits per heavy atom. The second-order valence-electron chi connectivity index (χ2n) is 7.58. The first kappa shape index (κ1) is 14.1. The normalized spacial score (nSPS) is 30.4. The van der Waals surface area contributed by atoms with Crippen LogP contribution in [0.1, 0.15) is 61.0 Å². The molecule has 2 unspecified atom stereocenters. The Bertz CT molecular complexity index is 607. The van der Waals surface area contributed by atoms with E-state index < -0.39 is 5.97 Å². The molecule has 1 amide bonds. The fraction of sp³-hybridized carbons (Fsp3) is 0.667. The predicted molar refractivity (Wildman–Crippen MR) is 76.1 cm³/mol. The van der Waals surface area contributed by atoms with Crippen LogP contribution in [-0.4, -0.2) is 44.4 Å². The van der Waals surface area contributed by atoms with Crippen LogP contribution in [0, 0.1) is 10.8 Å². The molecule has 21 heavy (non-hydrogen) atoms. The molecule has 0 radical (unpaired) electrons. The van der Waals surface area contributed by atoms with Crippen molar-refractivity contribution in [3.63, 3.8) is 0 Å². The van der Waals surface area contributed by atoms with E-state index in [1.54, 1.807) is 0 Å². The van der Waals surface area contributed by atoms with Crippen LogP contribution in [-0.2, 0) is 0 Å².